The van der Waals surface area contributed by atoms with Crippen LogP contribution in [0.25, 0.3) is 0 Å². The molecular formula is C22H34N2O5S. The van der Waals surface area contributed by atoms with Crippen molar-refractivity contribution in [3.63, 3.8) is 0 Å². The minimum atomic E-state index is -0.922. The summed E-state index contributed by atoms with van der Waals surface area (Å²) in [6.45, 7) is 7.44. The van der Waals surface area contributed by atoms with Gasteiger partial charge in [-0.3, -0.25) is 14.4 Å². The molecule has 3 saturated heterocycles. The molecule has 3 heterocycles. The highest BCUT2D eigenvalue weighted by atomic mass is 32.2. The van der Waals surface area contributed by atoms with Crippen LogP contribution in [-0.2, 0) is 14.4 Å². The molecule has 2 unspecified atom stereocenters. The van der Waals surface area contributed by atoms with Gasteiger partial charge in [0.15, 0.2) is 0 Å². The highest BCUT2D eigenvalue weighted by molar-refractivity contribution is 8.02. The van der Waals surface area contributed by atoms with Crippen molar-refractivity contribution >= 4 is 29.5 Å². The number of likely N-dealkylation sites (tertiary alicyclic amines) is 1. The van der Waals surface area contributed by atoms with Crippen molar-refractivity contribution in [2.24, 2.45) is 11.8 Å². The highest BCUT2D eigenvalue weighted by Crippen LogP contribution is 2.66. The quantitative estimate of drug-likeness (QED) is 0.358. The summed E-state index contributed by atoms with van der Waals surface area (Å²) in [5.74, 6) is -2.50. The van der Waals surface area contributed by atoms with E-state index in [1.807, 2.05) is 0 Å². The maximum Gasteiger partial charge on any atom is 0.308 e. The SMILES string of the molecule is C=CCN(CCCC)C(=O)C1N(CCCCCO)C(=O)[C@@H]2[C@H](C(=O)O)[C@@H]3CCC12S3. The van der Waals surface area contributed by atoms with Crippen molar-refractivity contribution < 1.29 is 24.6 Å². The average Bonchev–Trinajstić information content (AvgIpc) is 3.35. The van der Waals surface area contributed by atoms with Gasteiger partial charge < -0.3 is 20.0 Å². The molecular weight excluding hydrogens is 404 g/mol. The third kappa shape index (κ3) is 3.88. The number of carbonyl (C=O) groups excluding carboxylic acids is 2. The number of carboxylic acid groups (broad SMARTS) is 1. The third-order valence-electron chi connectivity index (χ3n) is 6.82. The summed E-state index contributed by atoms with van der Waals surface area (Å²) < 4.78 is -0.634. The highest BCUT2D eigenvalue weighted by Gasteiger charge is 2.73. The van der Waals surface area contributed by atoms with Crippen molar-refractivity contribution in [2.45, 2.75) is 67.9 Å². The van der Waals surface area contributed by atoms with Gasteiger partial charge in [-0.25, -0.2) is 0 Å². The van der Waals surface area contributed by atoms with Gasteiger partial charge in [-0.05, 0) is 38.5 Å². The zero-order valence-electron chi connectivity index (χ0n) is 17.8. The van der Waals surface area contributed by atoms with Crippen LogP contribution in [0.15, 0.2) is 12.7 Å². The van der Waals surface area contributed by atoms with Crippen LogP contribution in [0.5, 0.6) is 0 Å². The molecule has 2 N–H and O–H groups in total. The zero-order valence-corrected chi connectivity index (χ0v) is 18.6. The van der Waals surface area contributed by atoms with Crippen LogP contribution in [-0.4, -0.2) is 80.1 Å². The van der Waals surface area contributed by atoms with Crippen LogP contribution in [0.3, 0.4) is 0 Å². The maximum absolute atomic E-state index is 13.8. The number of aliphatic hydroxyl groups excluding tert-OH is 1. The third-order valence-corrected chi connectivity index (χ3v) is 8.77. The molecule has 7 nitrogen and oxygen atoms in total. The molecule has 2 bridgehead atoms. The minimum Gasteiger partial charge on any atom is -0.481 e. The van der Waals surface area contributed by atoms with Crippen LogP contribution in [0, 0.1) is 11.8 Å². The number of hydrogen-bond acceptors (Lipinski definition) is 5. The number of carboxylic acids is 1. The molecule has 1 spiro atoms. The van der Waals surface area contributed by atoms with E-state index >= 15 is 0 Å². The van der Waals surface area contributed by atoms with Gasteiger partial charge in [0.2, 0.25) is 11.8 Å². The standard InChI is InChI=1S/C22H34N2O5S/c1-3-5-12-23(11-4-2)20(27)18-22-10-9-15(30-22)16(21(28)29)17(22)19(26)24(18)13-7-6-8-14-25/h4,15-18,25H,2-3,5-14H2,1H3,(H,28,29)/t15-,16+,17-,18?,22?/m0/s1. The number of aliphatic carboxylic acids is 1. The van der Waals surface area contributed by atoms with Crippen molar-refractivity contribution in [1.82, 2.24) is 9.80 Å². The first kappa shape index (κ1) is 23.1. The zero-order chi connectivity index (χ0) is 21.9. The normalized spacial score (nSPS) is 31.8. The summed E-state index contributed by atoms with van der Waals surface area (Å²) in [7, 11) is 0. The number of rotatable bonds is 12. The molecule has 8 heteroatoms. The Balaban J connectivity index is 1.92. The second-order valence-corrected chi connectivity index (χ2v) is 10.2. The molecule has 168 valence electrons. The van der Waals surface area contributed by atoms with Gasteiger partial charge >= 0.3 is 5.97 Å². The monoisotopic (exact) mass is 438 g/mol. The van der Waals surface area contributed by atoms with Crippen molar-refractivity contribution in [3.8, 4) is 0 Å². The van der Waals surface area contributed by atoms with E-state index in [0.29, 0.717) is 38.9 Å². The van der Waals surface area contributed by atoms with E-state index in [2.05, 4.69) is 13.5 Å². The summed E-state index contributed by atoms with van der Waals surface area (Å²) in [6, 6.07) is -0.611. The number of carbonyl (C=O) groups is 3. The fraction of sp³-hybridized carbons (Fsp3) is 0.773. The Morgan fingerprint density at radius 1 is 1.33 bits per heavy atom. The van der Waals surface area contributed by atoms with E-state index in [0.717, 1.165) is 25.7 Å². The molecule has 3 aliphatic heterocycles. The topological polar surface area (TPSA) is 98.2 Å². The summed E-state index contributed by atoms with van der Waals surface area (Å²) in [6.07, 6.45) is 7.12. The van der Waals surface area contributed by atoms with E-state index in [1.165, 1.54) is 0 Å². The fourth-order valence-electron chi connectivity index (χ4n) is 5.49. The first-order valence-corrected chi connectivity index (χ1v) is 12.0. The summed E-state index contributed by atoms with van der Waals surface area (Å²) in [4.78, 5) is 42.7. The lowest BCUT2D eigenvalue weighted by Crippen LogP contribution is -2.55. The molecule has 3 rings (SSSR count). The second kappa shape index (κ2) is 9.73. The number of fused-ring (bicyclic) bond motifs is 1. The number of amides is 2. The van der Waals surface area contributed by atoms with Crippen LogP contribution in [0.4, 0.5) is 0 Å². The molecule has 2 amide bonds. The molecule has 3 fully saturated rings. The number of thioether (sulfide) groups is 1. The summed E-state index contributed by atoms with van der Waals surface area (Å²) in [5.41, 5.74) is 0. The lowest BCUT2D eigenvalue weighted by molar-refractivity contribution is -0.148. The van der Waals surface area contributed by atoms with Crippen LogP contribution in [0.2, 0.25) is 0 Å². The van der Waals surface area contributed by atoms with Crippen molar-refractivity contribution in [2.75, 3.05) is 26.2 Å². The number of unbranched alkanes of at least 4 members (excludes halogenated alkanes) is 3. The number of aliphatic hydroxyl groups is 1. The average molecular weight is 439 g/mol. The molecule has 5 atom stereocenters. The smallest absolute Gasteiger partial charge is 0.308 e. The predicted octanol–water partition coefficient (Wildman–Crippen LogP) is 2.14. The van der Waals surface area contributed by atoms with E-state index in [4.69, 9.17) is 5.11 Å². The predicted molar refractivity (Wildman–Crippen MR) is 116 cm³/mol. The first-order valence-electron chi connectivity index (χ1n) is 11.1. The first-order chi connectivity index (χ1) is 14.4. The van der Waals surface area contributed by atoms with Gasteiger partial charge in [0.25, 0.3) is 0 Å². The molecule has 0 radical (unpaired) electrons. The largest absolute Gasteiger partial charge is 0.481 e. The Bertz CT molecular complexity index is 686. The van der Waals surface area contributed by atoms with Gasteiger partial charge in [-0.1, -0.05) is 19.4 Å². The molecule has 0 aromatic rings. The summed E-state index contributed by atoms with van der Waals surface area (Å²) >= 11 is 1.58. The number of nitrogens with zero attached hydrogens (tertiary/aromatic N) is 2. The van der Waals surface area contributed by atoms with E-state index < -0.39 is 28.6 Å². The van der Waals surface area contributed by atoms with E-state index in [1.54, 1.807) is 27.6 Å². The Morgan fingerprint density at radius 2 is 2.10 bits per heavy atom. The maximum atomic E-state index is 13.8. The van der Waals surface area contributed by atoms with Gasteiger partial charge in [0.05, 0.1) is 16.6 Å². The molecule has 0 aliphatic carbocycles. The molecule has 0 aromatic carbocycles. The Labute approximate surface area is 182 Å². The lowest BCUT2D eigenvalue weighted by atomic mass is 9.71. The molecule has 0 saturated carbocycles. The lowest BCUT2D eigenvalue weighted by Gasteiger charge is -2.37. The molecule has 3 aliphatic rings. The van der Waals surface area contributed by atoms with Crippen molar-refractivity contribution in [3.05, 3.63) is 12.7 Å². The Hall–Kier alpha value is -1.54. The molecule has 30 heavy (non-hydrogen) atoms. The Kier molecular flexibility index (Phi) is 7.50. The minimum absolute atomic E-state index is 0.0689. The molecule has 0 aromatic heterocycles. The fourth-order valence-corrected chi connectivity index (χ4v) is 7.70. The van der Waals surface area contributed by atoms with Gasteiger partial charge in [-0.15, -0.1) is 18.3 Å². The summed E-state index contributed by atoms with van der Waals surface area (Å²) in [5, 5.41) is 18.8. The van der Waals surface area contributed by atoms with Crippen LogP contribution in [0.1, 0.15) is 51.9 Å². The van der Waals surface area contributed by atoms with Crippen LogP contribution < -0.4 is 0 Å². The Morgan fingerprint density at radius 3 is 2.73 bits per heavy atom. The van der Waals surface area contributed by atoms with Crippen molar-refractivity contribution in [1.29, 1.82) is 0 Å². The van der Waals surface area contributed by atoms with Gasteiger partial charge in [-0.2, -0.15) is 0 Å². The van der Waals surface area contributed by atoms with Gasteiger partial charge in [0, 0.05) is 31.5 Å². The van der Waals surface area contributed by atoms with E-state index in [-0.39, 0.29) is 23.7 Å². The van der Waals surface area contributed by atoms with E-state index in [9.17, 15) is 19.5 Å². The van der Waals surface area contributed by atoms with Gasteiger partial charge in [0.1, 0.15) is 6.04 Å². The number of hydrogen-bond donors (Lipinski definition) is 2. The van der Waals surface area contributed by atoms with Crippen LogP contribution >= 0.6 is 11.8 Å². The second-order valence-electron chi connectivity index (χ2n) is 8.64.